The average Bonchev–Trinajstić information content (AvgIpc) is 2.41. The van der Waals surface area contributed by atoms with Crippen molar-refractivity contribution >= 4 is 5.78 Å². The molecule has 1 aromatic carbocycles. The Labute approximate surface area is 106 Å². The van der Waals surface area contributed by atoms with Crippen LogP contribution in [0.2, 0.25) is 0 Å². The van der Waals surface area contributed by atoms with Crippen LogP contribution in [0, 0.1) is 6.92 Å². The first-order valence-corrected chi connectivity index (χ1v) is 5.94. The smallest absolute Gasteiger partial charge is 0.166 e. The molecule has 0 aliphatic rings. The molecular weight excluding hydrogens is 226 g/mol. The minimum absolute atomic E-state index is 0.0761. The van der Waals surface area contributed by atoms with Gasteiger partial charge in [0.1, 0.15) is 11.5 Å². The molecule has 1 aromatic heterocycles. The number of Topliss-reactive ketones (excluding diaryl/α,β-unsaturated/α-hetero) is 1. The Morgan fingerprint density at radius 1 is 1.17 bits per heavy atom. The standard InChI is InChI=1S/C15H15NO2/c1-3-13(17)12-7-4-5-8-15(12)18-14-9-6-10-16-11(14)2/h4-10H,3H2,1-2H3. The maximum absolute atomic E-state index is 11.8. The Morgan fingerprint density at radius 3 is 2.61 bits per heavy atom. The van der Waals surface area contributed by atoms with Crippen molar-refractivity contribution in [3.63, 3.8) is 0 Å². The summed E-state index contributed by atoms with van der Waals surface area (Å²) in [5.74, 6) is 1.33. The van der Waals surface area contributed by atoms with Crippen LogP contribution < -0.4 is 4.74 Å². The van der Waals surface area contributed by atoms with E-state index in [1.807, 2.05) is 38.1 Å². The number of rotatable bonds is 4. The van der Waals surface area contributed by atoms with E-state index in [2.05, 4.69) is 4.98 Å². The molecule has 18 heavy (non-hydrogen) atoms. The summed E-state index contributed by atoms with van der Waals surface area (Å²) in [6, 6.07) is 10.9. The first-order chi connectivity index (χ1) is 8.72. The zero-order chi connectivity index (χ0) is 13.0. The van der Waals surface area contributed by atoms with Gasteiger partial charge in [0.15, 0.2) is 5.78 Å². The lowest BCUT2D eigenvalue weighted by atomic mass is 10.1. The van der Waals surface area contributed by atoms with Crippen LogP contribution in [0.25, 0.3) is 0 Å². The largest absolute Gasteiger partial charge is 0.455 e. The van der Waals surface area contributed by atoms with Gasteiger partial charge >= 0.3 is 0 Å². The number of nitrogens with zero attached hydrogens (tertiary/aromatic N) is 1. The zero-order valence-electron chi connectivity index (χ0n) is 10.5. The molecule has 0 unspecified atom stereocenters. The van der Waals surface area contributed by atoms with Gasteiger partial charge in [0, 0.05) is 12.6 Å². The first-order valence-electron chi connectivity index (χ1n) is 5.94. The highest BCUT2D eigenvalue weighted by atomic mass is 16.5. The summed E-state index contributed by atoms with van der Waals surface area (Å²) < 4.78 is 5.78. The number of para-hydroxylation sites is 1. The number of carbonyl (C=O) groups excluding carboxylic acids is 1. The average molecular weight is 241 g/mol. The summed E-state index contributed by atoms with van der Waals surface area (Å²) in [5, 5.41) is 0. The van der Waals surface area contributed by atoms with E-state index in [0.717, 1.165) is 5.69 Å². The molecule has 2 rings (SSSR count). The van der Waals surface area contributed by atoms with E-state index in [4.69, 9.17) is 4.74 Å². The molecule has 0 N–H and O–H groups in total. The van der Waals surface area contributed by atoms with Gasteiger partial charge in [0.25, 0.3) is 0 Å². The minimum atomic E-state index is 0.0761. The summed E-state index contributed by atoms with van der Waals surface area (Å²) >= 11 is 0. The fourth-order valence-corrected chi connectivity index (χ4v) is 1.67. The SMILES string of the molecule is CCC(=O)c1ccccc1Oc1cccnc1C. The van der Waals surface area contributed by atoms with Gasteiger partial charge in [-0.1, -0.05) is 19.1 Å². The molecule has 0 bridgehead atoms. The molecule has 92 valence electrons. The Morgan fingerprint density at radius 2 is 1.89 bits per heavy atom. The maximum atomic E-state index is 11.8. The van der Waals surface area contributed by atoms with Gasteiger partial charge in [-0.2, -0.15) is 0 Å². The lowest BCUT2D eigenvalue weighted by Crippen LogP contribution is -2.00. The summed E-state index contributed by atoms with van der Waals surface area (Å²) in [7, 11) is 0. The molecule has 0 saturated heterocycles. The Balaban J connectivity index is 2.35. The molecule has 1 heterocycles. The number of aryl methyl sites for hydroxylation is 1. The third-order valence-corrected chi connectivity index (χ3v) is 2.69. The van der Waals surface area contributed by atoms with Crippen molar-refractivity contribution in [2.45, 2.75) is 20.3 Å². The van der Waals surface area contributed by atoms with Crippen LogP contribution in [0.15, 0.2) is 42.6 Å². The van der Waals surface area contributed by atoms with Crippen molar-refractivity contribution in [3.8, 4) is 11.5 Å². The molecule has 2 aromatic rings. The number of carbonyl (C=O) groups is 1. The van der Waals surface area contributed by atoms with Crippen molar-refractivity contribution in [2.75, 3.05) is 0 Å². The van der Waals surface area contributed by atoms with Crippen LogP contribution in [0.5, 0.6) is 11.5 Å². The Hall–Kier alpha value is -2.16. The second-order valence-corrected chi connectivity index (χ2v) is 3.96. The van der Waals surface area contributed by atoms with E-state index in [9.17, 15) is 4.79 Å². The summed E-state index contributed by atoms with van der Waals surface area (Å²) in [4.78, 5) is 16.0. The van der Waals surface area contributed by atoms with Crippen LogP contribution >= 0.6 is 0 Å². The molecule has 0 radical (unpaired) electrons. The van der Waals surface area contributed by atoms with E-state index in [1.165, 1.54) is 0 Å². The lowest BCUT2D eigenvalue weighted by molar-refractivity contribution is 0.0986. The van der Waals surface area contributed by atoms with Crippen molar-refractivity contribution in [1.82, 2.24) is 4.98 Å². The highest BCUT2D eigenvalue weighted by molar-refractivity contribution is 5.98. The first kappa shape index (κ1) is 12.3. The molecule has 0 saturated carbocycles. The van der Waals surface area contributed by atoms with E-state index in [0.29, 0.717) is 23.5 Å². The van der Waals surface area contributed by atoms with Gasteiger partial charge in [-0.3, -0.25) is 9.78 Å². The highest BCUT2D eigenvalue weighted by Crippen LogP contribution is 2.27. The fraction of sp³-hybridized carbons (Fsp3) is 0.200. The monoisotopic (exact) mass is 241 g/mol. The van der Waals surface area contributed by atoms with E-state index < -0.39 is 0 Å². The van der Waals surface area contributed by atoms with Crippen molar-refractivity contribution in [3.05, 3.63) is 53.9 Å². The number of pyridine rings is 1. The Bertz CT molecular complexity index is 564. The second kappa shape index (κ2) is 5.45. The number of hydrogen-bond acceptors (Lipinski definition) is 3. The molecule has 3 nitrogen and oxygen atoms in total. The number of hydrogen-bond donors (Lipinski definition) is 0. The van der Waals surface area contributed by atoms with Crippen LogP contribution in [-0.2, 0) is 0 Å². The summed E-state index contributed by atoms with van der Waals surface area (Å²) in [6.07, 6.45) is 2.18. The predicted octanol–water partition coefficient (Wildman–Crippen LogP) is 3.78. The third kappa shape index (κ3) is 2.56. The third-order valence-electron chi connectivity index (χ3n) is 2.69. The molecule has 3 heteroatoms. The number of ketones is 1. The topological polar surface area (TPSA) is 39.2 Å². The normalized spacial score (nSPS) is 10.1. The number of benzene rings is 1. The quantitative estimate of drug-likeness (QED) is 0.765. The van der Waals surface area contributed by atoms with Crippen molar-refractivity contribution in [2.24, 2.45) is 0 Å². The van der Waals surface area contributed by atoms with E-state index >= 15 is 0 Å². The molecule has 0 amide bonds. The molecule has 0 aliphatic carbocycles. The van der Waals surface area contributed by atoms with Crippen molar-refractivity contribution < 1.29 is 9.53 Å². The predicted molar refractivity (Wildman–Crippen MR) is 70.1 cm³/mol. The number of aromatic nitrogens is 1. The van der Waals surface area contributed by atoms with Crippen LogP contribution in [0.4, 0.5) is 0 Å². The number of ether oxygens (including phenoxy) is 1. The van der Waals surface area contributed by atoms with Gasteiger partial charge in [0.05, 0.1) is 11.3 Å². The van der Waals surface area contributed by atoms with Crippen molar-refractivity contribution in [1.29, 1.82) is 0 Å². The van der Waals surface area contributed by atoms with E-state index in [1.54, 1.807) is 18.3 Å². The molecular formula is C15H15NO2. The molecule has 0 fully saturated rings. The summed E-state index contributed by atoms with van der Waals surface area (Å²) in [6.45, 7) is 3.72. The van der Waals surface area contributed by atoms with Gasteiger partial charge in [-0.25, -0.2) is 0 Å². The van der Waals surface area contributed by atoms with Gasteiger partial charge in [-0.05, 0) is 31.2 Å². The second-order valence-electron chi connectivity index (χ2n) is 3.96. The highest BCUT2D eigenvalue weighted by Gasteiger charge is 2.11. The molecule has 0 atom stereocenters. The fourth-order valence-electron chi connectivity index (χ4n) is 1.67. The molecule has 0 aliphatic heterocycles. The van der Waals surface area contributed by atoms with Crippen LogP contribution in [0.3, 0.4) is 0 Å². The van der Waals surface area contributed by atoms with Gasteiger partial charge in [-0.15, -0.1) is 0 Å². The molecule has 0 spiro atoms. The van der Waals surface area contributed by atoms with Gasteiger partial charge < -0.3 is 4.74 Å². The minimum Gasteiger partial charge on any atom is -0.455 e. The maximum Gasteiger partial charge on any atom is 0.166 e. The summed E-state index contributed by atoms with van der Waals surface area (Å²) in [5.41, 5.74) is 1.42. The van der Waals surface area contributed by atoms with Gasteiger partial charge in [0.2, 0.25) is 0 Å². The van der Waals surface area contributed by atoms with Crippen LogP contribution in [0.1, 0.15) is 29.4 Å². The Kier molecular flexibility index (Phi) is 3.72. The van der Waals surface area contributed by atoms with Crippen LogP contribution in [-0.4, -0.2) is 10.8 Å². The zero-order valence-corrected chi connectivity index (χ0v) is 10.5. The lowest BCUT2D eigenvalue weighted by Gasteiger charge is -2.11. The van der Waals surface area contributed by atoms with E-state index in [-0.39, 0.29) is 5.78 Å².